The highest BCUT2D eigenvalue weighted by Gasteiger charge is 2.29. The number of anilines is 1. The molecule has 25 heavy (non-hydrogen) atoms. The third-order valence-corrected chi connectivity index (χ3v) is 5.70. The number of aliphatic hydroxyl groups is 1. The summed E-state index contributed by atoms with van der Waals surface area (Å²) in [5, 5.41) is 13.5. The molecule has 0 spiro atoms. The standard InChI is InChI=1S/C19H30N4O2/c1-19(25)9-7-14(8-10-19)22-18-15(17(20)24)12-21-16(23-18)11-13-5-3-2-4-6-13/h12-14,25H,2-11H2,1H3,(H2,20,24)(H,21,22,23). The Bertz CT molecular complexity index is 601. The van der Waals surface area contributed by atoms with Gasteiger partial charge < -0.3 is 16.2 Å². The minimum absolute atomic E-state index is 0.204. The van der Waals surface area contributed by atoms with E-state index < -0.39 is 11.5 Å². The maximum Gasteiger partial charge on any atom is 0.254 e. The monoisotopic (exact) mass is 346 g/mol. The molecule has 6 heteroatoms. The van der Waals surface area contributed by atoms with Gasteiger partial charge in [0, 0.05) is 18.7 Å². The maximum absolute atomic E-state index is 11.7. The van der Waals surface area contributed by atoms with Crippen molar-refractivity contribution in [1.82, 2.24) is 9.97 Å². The van der Waals surface area contributed by atoms with Gasteiger partial charge in [-0.25, -0.2) is 9.97 Å². The zero-order valence-electron chi connectivity index (χ0n) is 15.1. The van der Waals surface area contributed by atoms with Gasteiger partial charge in [0.1, 0.15) is 11.6 Å². The van der Waals surface area contributed by atoms with Gasteiger partial charge in [-0.1, -0.05) is 32.1 Å². The van der Waals surface area contributed by atoms with E-state index in [0.29, 0.717) is 17.3 Å². The van der Waals surface area contributed by atoms with Gasteiger partial charge in [-0.2, -0.15) is 0 Å². The number of nitrogens with zero attached hydrogens (tertiary/aromatic N) is 2. The molecule has 1 amide bonds. The number of hydrogen-bond donors (Lipinski definition) is 3. The Morgan fingerprint density at radius 3 is 2.60 bits per heavy atom. The number of carbonyl (C=O) groups is 1. The summed E-state index contributed by atoms with van der Waals surface area (Å²) >= 11 is 0. The summed E-state index contributed by atoms with van der Waals surface area (Å²) in [6, 6.07) is 0.204. The molecule has 138 valence electrons. The van der Waals surface area contributed by atoms with Crippen LogP contribution in [0.5, 0.6) is 0 Å². The molecule has 1 aromatic heterocycles. The topological polar surface area (TPSA) is 101 Å². The normalized spacial score (nSPS) is 27.8. The third-order valence-electron chi connectivity index (χ3n) is 5.70. The van der Waals surface area contributed by atoms with Crippen LogP contribution in [0, 0.1) is 5.92 Å². The van der Waals surface area contributed by atoms with E-state index in [2.05, 4.69) is 15.3 Å². The van der Waals surface area contributed by atoms with Crippen molar-refractivity contribution in [3.63, 3.8) is 0 Å². The lowest BCUT2D eigenvalue weighted by Crippen LogP contribution is -2.36. The Hall–Kier alpha value is -1.69. The fourth-order valence-corrected chi connectivity index (χ4v) is 4.03. The van der Waals surface area contributed by atoms with Crippen LogP contribution in [0.15, 0.2) is 6.20 Å². The molecule has 0 aliphatic heterocycles. The maximum atomic E-state index is 11.7. The number of nitrogens with one attached hydrogen (secondary N) is 1. The first kappa shape index (κ1) is 18.1. The summed E-state index contributed by atoms with van der Waals surface area (Å²) in [5.41, 5.74) is 5.27. The molecule has 6 nitrogen and oxygen atoms in total. The molecule has 0 unspecified atom stereocenters. The van der Waals surface area contributed by atoms with Gasteiger partial charge in [-0.05, 0) is 38.5 Å². The van der Waals surface area contributed by atoms with Crippen LogP contribution in [0.25, 0.3) is 0 Å². The number of amides is 1. The number of hydrogen-bond acceptors (Lipinski definition) is 5. The van der Waals surface area contributed by atoms with Gasteiger partial charge in [0.2, 0.25) is 0 Å². The first-order valence-electron chi connectivity index (χ1n) is 9.57. The fourth-order valence-electron chi connectivity index (χ4n) is 4.03. The van der Waals surface area contributed by atoms with Crippen molar-refractivity contribution >= 4 is 11.7 Å². The van der Waals surface area contributed by atoms with Crippen molar-refractivity contribution in [3.05, 3.63) is 17.6 Å². The lowest BCUT2D eigenvalue weighted by atomic mass is 9.83. The van der Waals surface area contributed by atoms with E-state index in [0.717, 1.165) is 37.9 Å². The van der Waals surface area contributed by atoms with Crippen LogP contribution < -0.4 is 11.1 Å². The average molecular weight is 346 g/mol. The second-order valence-corrected chi connectivity index (χ2v) is 8.04. The van der Waals surface area contributed by atoms with Crippen LogP contribution in [0.2, 0.25) is 0 Å². The minimum atomic E-state index is -0.581. The van der Waals surface area contributed by atoms with E-state index in [1.165, 1.54) is 32.1 Å². The van der Waals surface area contributed by atoms with Crippen molar-refractivity contribution in [2.24, 2.45) is 11.7 Å². The zero-order chi connectivity index (χ0) is 17.9. The Morgan fingerprint density at radius 1 is 1.28 bits per heavy atom. The second-order valence-electron chi connectivity index (χ2n) is 8.04. The van der Waals surface area contributed by atoms with Crippen LogP contribution in [0.4, 0.5) is 5.82 Å². The van der Waals surface area contributed by atoms with Crippen LogP contribution in [0.3, 0.4) is 0 Å². The first-order valence-corrected chi connectivity index (χ1v) is 9.57. The number of rotatable bonds is 5. The molecule has 4 N–H and O–H groups in total. The van der Waals surface area contributed by atoms with Crippen LogP contribution in [-0.4, -0.2) is 32.6 Å². The van der Waals surface area contributed by atoms with Crippen molar-refractivity contribution in [1.29, 1.82) is 0 Å². The molecule has 3 rings (SSSR count). The highest BCUT2D eigenvalue weighted by atomic mass is 16.3. The molecule has 0 saturated heterocycles. The summed E-state index contributed by atoms with van der Waals surface area (Å²) in [4.78, 5) is 20.7. The summed E-state index contributed by atoms with van der Waals surface area (Å²) in [7, 11) is 0. The molecule has 2 aliphatic carbocycles. The Morgan fingerprint density at radius 2 is 1.96 bits per heavy atom. The molecule has 0 radical (unpaired) electrons. The van der Waals surface area contributed by atoms with Gasteiger partial charge >= 0.3 is 0 Å². The molecule has 1 heterocycles. The first-order chi connectivity index (χ1) is 11.9. The predicted octanol–water partition coefficient (Wildman–Crippen LogP) is 2.80. The molecule has 0 bridgehead atoms. The summed E-state index contributed by atoms with van der Waals surface area (Å²) in [6.07, 6.45) is 12.0. The van der Waals surface area contributed by atoms with Gasteiger partial charge in [0.15, 0.2) is 0 Å². The molecule has 1 aromatic rings. The second kappa shape index (κ2) is 7.68. The van der Waals surface area contributed by atoms with Gasteiger partial charge in [0.25, 0.3) is 5.91 Å². The lowest BCUT2D eigenvalue weighted by molar-refractivity contribution is 0.0196. The summed E-state index contributed by atoms with van der Waals surface area (Å²) in [5.74, 6) is 1.49. The van der Waals surface area contributed by atoms with E-state index in [1.807, 2.05) is 6.92 Å². The number of aromatic nitrogens is 2. The third kappa shape index (κ3) is 4.91. The quantitative estimate of drug-likeness (QED) is 0.761. The van der Waals surface area contributed by atoms with Crippen molar-refractivity contribution in [2.45, 2.75) is 82.8 Å². The fraction of sp³-hybridized carbons (Fsp3) is 0.737. The highest BCUT2D eigenvalue weighted by molar-refractivity contribution is 5.97. The van der Waals surface area contributed by atoms with Crippen LogP contribution in [0.1, 0.15) is 80.9 Å². The Balaban J connectivity index is 1.71. The van der Waals surface area contributed by atoms with E-state index >= 15 is 0 Å². The molecule has 0 aromatic carbocycles. The van der Waals surface area contributed by atoms with E-state index in [-0.39, 0.29) is 6.04 Å². The number of primary amides is 1. The molecular formula is C19H30N4O2. The average Bonchev–Trinajstić information content (AvgIpc) is 2.58. The van der Waals surface area contributed by atoms with Crippen LogP contribution >= 0.6 is 0 Å². The molecular weight excluding hydrogens is 316 g/mol. The largest absolute Gasteiger partial charge is 0.390 e. The van der Waals surface area contributed by atoms with Gasteiger partial charge in [-0.15, -0.1) is 0 Å². The van der Waals surface area contributed by atoms with E-state index in [1.54, 1.807) is 6.20 Å². The van der Waals surface area contributed by atoms with Crippen LogP contribution in [-0.2, 0) is 6.42 Å². The lowest BCUT2D eigenvalue weighted by Gasteiger charge is -2.33. The smallest absolute Gasteiger partial charge is 0.254 e. The van der Waals surface area contributed by atoms with Gasteiger partial charge in [-0.3, -0.25) is 4.79 Å². The Labute approximate surface area is 149 Å². The predicted molar refractivity (Wildman–Crippen MR) is 97.3 cm³/mol. The minimum Gasteiger partial charge on any atom is -0.390 e. The van der Waals surface area contributed by atoms with E-state index in [9.17, 15) is 9.90 Å². The number of carbonyl (C=O) groups excluding carboxylic acids is 1. The SMILES string of the molecule is CC1(O)CCC(Nc2nc(CC3CCCCC3)ncc2C(N)=O)CC1. The molecule has 2 saturated carbocycles. The highest BCUT2D eigenvalue weighted by Crippen LogP contribution is 2.30. The van der Waals surface area contributed by atoms with E-state index in [4.69, 9.17) is 5.73 Å². The molecule has 2 fully saturated rings. The van der Waals surface area contributed by atoms with Crippen molar-refractivity contribution in [3.8, 4) is 0 Å². The van der Waals surface area contributed by atoms with Gasteiger partial charge in [0.05, 0.1) is 11.2 Å². The molecule has 0 atom stereocenters. The summed E-state index contributed by atoms with van der Waals surface area (Å²) in [6.45, 7) is 1.88. The summed E-state index contributed by atoms with van der Waals surface area (Å²) < 4.78 is 0. The van der Waals surface area contributed by atoms with Crippen molar-refractivity contribution in [2.75, 3.05) is 5.32 Å². The van der Waals surface area contributed by atoms with Crippen molar-refractivity contribution < 1.29 is 9.90 Å². The Kier molecular flexibility index (Phi) is 5.57. The number of nitrogens with two attached hydrogens (primary N) is 1. The molecule has 2 aliphatic rings. The zero-order valence-corrected chi connectivity index (χ0v) is 15.1.